The third-order valence-corrected chi connectivity index (χ3v) is 5.49. The number of nitrogens with one attached hydrogen (secondary N) is 1. The summed E-state index contributed by atoms with van der Waals surface area (Å²) in [5, 5.41) is 11.0. The van der Waals surface area contributed by atoms with E-state index in [0.29, 0.717) is 32.5 Å². The first-order valence-electron chi connectivity index (χ1n) is 7.99. The van der Waals surface area contributed by atoms with Crippen LogP contribution in [0.3, 0.4) is 0 Å². The number of hydrogen-bond donors (Lipinski definition) is 1. The molecule has 8 nitrogen and oxygen atoms in total. The number of amides is 1. The first-order chi connectivity index (χ1) is 11.5. The monoisotopic (exact) mass is 351 g/mol. The van der Waals surface area contributed by atoms with Gasteiger partial charge in [-0.2, -0.15) is 4.31 Å². The van der Waals surface area contributed by atoms with Crippen molar-refractivity contribution >= 4 is 27.0 Å². The molecular weight excluding hydrogens is 330 g/mol. The molecule has 1 aromatic carbocycles. The Hall–Kier alpha value is -2.00. The molecule has 1 saturated heterocycles. The summed E-state index contributed by atoms with van der Waals surface area (Å²) in [5.41, 5.74) is 1.80. The normalized spacial score (nSPS) is 19.0. The van der Waals surface area contributed by atoms with Crippen LogP contribution >= 0.6 is 0 Å². The Labute approximate surface area is 140 Å². The number of carbonyl (C=O) groups excluding carboxylic acids is 1. The Kier molecular flexibility index (Phi) is 4.81. The van der Waals surface area contributed by atoms with Gasteiger partial charge in [-0.25, -0.2) is 13.1 Å². The topological polar surface area (TPSA) is 97.2 Å². The number of sulfonamides is 1. The first kappa shape index (κ1) is 16.8. The number of para-hydroxylation sites is 1. The molecule has 0 unspecified atom stereocenters. The molecule has 1 aliphatic rings. The van der Waals surface area contributed by atoms with Crippen LogP contribution in [-0.4, -0.2) is 59.0 Å². The smallest absolute Gasteiger partial charge is 0.238 e. The summed E-state index contributed by atoms with van der Waals surface area (Å²) >= 11 is 0. The largest absolute Gasteiger partial charge is 0.355 e. The molecular formula is C15H21N5O3S. The second-order valence-electron chi connectivity index (χ2n) is 5.98. The van der Waals surface area contributed by atoms with Crippen LogP contribution in [0, 0.1) is 0 Å². The van der Waals surface area contributed by atoms with E-state index < -0.39 is 16.1 Å². The Morgan fingerprint density at radius 2 is 2.17 bits per heavy atom. The van der Waals surface area contributed by atoms with Crippen LogP contribution in [0.2, 0.25) is 0 Å². The number of rotatable bonds is 6. The number of fused-ring (bicyclic) bond motifs is 1. The molecule has 1 N–H and O–H groups in total. The fraction of sp³-hybridized carbons (Fsp3) is 0.533. The molecule has 130 valence electrons. The number of aryl methyl sites for hydroxylation is 1. The molecule has 1 aromatic heterocycles. The highest BCUT2D eigenvalue weighted by molar-refractivity contribution is 7.88. The van der Waals surface area contributed by atoms with Crippen molar-refractivity contribution in [1.29, 1.82) is 0 Å². The zero-order valence-corrected chi connectivity index (χ0v) is 14.4. The molecule has 1 amide bonds. The SMILES string of the molecule is CS(=O)(=O)N1CCC[C@H]1C(=O)NCCCn1nnc2ccccc21. The molecule has 24 heavy (non-hydrogen) atoms. The highest BCUT2D eigenvalue weighted by Crippen LogP contribution is 2.20. The van der Waals surface area contributed by atoms with Crippen molar-refractivity contribution in [3.05, 3.63) is 24.3 Å². The quantitative estimate of drug-likeness (QED) is 0.758. The van der Waals surface area contributed by atoms with Crippen LogP contribution in [0.15, 0.2) is 24.3 Å². The maximum atomic E-state index is 12.2. The maximum absolute atomic E-state index is 12.2. The van der Waals surface area contributed by atoms with E-state index in [1.54, 1.807) is 4.68 Å². The summed E-state index contributed by atoms with van der Waals surface area (Å²) in [5.74, 6) is -0.221. The van der Waals surface area contributed by atoms with E-state index in [-0.39, 0.29) is 5.91 Å². The second kappa shape index (κ2) is 6.86. The van der Waals surface area contributed by atoms with E-state index in [1.807, 2.05) is 24.3 Å². The van der Waals surface area contributed by atoms with Gasteiger partial charge < -0.3 is 5.32 Å². The van der Waals surface area contributed by atoms with Crippen LogP contribution in [0.4, 0.5) is 0 Å². The fourth-order valence-corrected chi connectivity index (χ4v) is 4.16. The molecule has 2 aromatic rings. The molecule has 3 rings (SSSR count). The number of benzene rings is 1. The molecule has 1 atom stereocenters. The van der Waals surface area contributed by atoms with Crippen molar-refractivity contribution in [2.75, 3.05) is 19.3 Å². The summed E-state index contributed by atoms with van der Waals surface area (Å²) in [7, 11) is -3.34. The minimum Gasteiger partial charge on any atom is -0.355 e. The molecule has 0 radical (unpaired) electrons. The second-order valence-corrected chi connectivity index (χ2v) is 7.91. The van der Waals surface area contributed by atoms with Gasteiger partial charge in [-0.3, -0.25) is 4.79 Å². The van der Waals surface area contributed by atoms with Gasteiger partial charge in [-0.15, -0.1) is 5.10 Å². The molecule has 0 bridgehead atoms. The van der Waals surface area contributed by atoms with Crippen LogP contribution in [-0.2, 0) is 21.4 Å². The van der Waals surface area contributed by atoms with E-state index in [0.717, 1.165) is 23.7 Å². The van der Waals surface area contributed by atoms with Gasteiger partial charge in [0.1, 0.15) is 11.6 Å². The van der Waals surface area contributed by atoms with Crippen LogP contribution in [0.25, 0.3) is 11.0 Å². The van der Waals surface area contributed by atoms with Crippen LogP contribution in [0.5, 0.6) is 0 Å². The van der Waals surface area contributed by atoms with Crippen molar-refractivity contribution in [3.63, 3.8) is 0 Å². The minimum absolute atomic E-state index is 0.221. The molecule has 0 aliphatic carbocycles. The third kappa shape index (κ3) is 3.57. The van der Waals surface area contributed by atoms with E-state index >= 15 is 0 Å². The summed E-state index contributed by atoms with van der Waals surface area (Å²) in [6, 6.07) is 7.13. The third-order valence-electron chi connectivity index (χ3n) is 4.20. The average molecular weight is 351 g/mol. The Morgan fingerprint density at radius 1 is 1.38 bits per heavy atom. The zero-order chi connectivity index (χ0) is 17.2. The summed E-state index contributed by atoms with van der Waals surface area (Å²) in [6.45, 7) is 1.53. The van der Waals surface area contributed by atoms with E-state index in [2.05, 4.69) is 15.6 Å². The Morgan fingerprint density at radius 3 is 2.96 bits per heavy atom. The molecule has 0 saturated carbocycles. The molecule has 2 heterocycles. The van der Waals surface area contributed by atoms with Gasteiger partial charge in [-0.05, 0) is 31.4 Å². The number of carbonyl (C=O) groups is 1. The summed E-state index contributed by atoms with van der Waals surface area (Å²) < 4.78 is 26.5. The number of hydrogen-bond acceptors (Lipinski definition) is 5. The zero-order valence-electron chi connectivity index (χ0n) is 13.6. The molecule has 1 fully saturated rings. The van der Waals surface area contributed by atoms with Gasteiger partial charge in [0.2, 0.25) is 15.9 Å². The Bertz CT molecular complexity index is 833. The molecule has 9 heteroatoms. The Balaban J connectivity index is 1.50. The number of aromatic nitrogens is 3. The van der Waals surface area contributed by atoms with E-state index in [4.69, 9.17) is 0 Å². The fourth-order valence-electron chi connectivity index (χ4n) is 3.04. The van der Waals surface area contributed by atoms with Crippen LogP contribution in [0.1, 0.15) is 19.3 Å². The lowest BCUT2D eigenvalue weighted by atomic mass is 10.2. The van der Waals surface area contributed by atoms with E-state index in [1.165, 1.54) is 4.31 Å². The lowest BCUT2D eigenvalue weighted by Gasteiger charge is -2.21. The van der Waals surface area contributed by atoms with Gasteiger partial charge in [0.05, 0.1) is 11.8 Å². The standard InChI is InChI=1S/C15H21N5O3S/c1-24(22,23)20-11-4-8-14(20)15(21)16-9-5-10-19-13-7-3-2-6-12(13)17-18-19/h2-3,6-7,14H,4-5,8-11H2,1H3,(H,16,21)/t14-/m0/s1. The summed E-state index contributed by atoms with van der Waals surface area (Å²) in [4.78, 5) is 12.2. The van der Waals surface area contributed by atoms with Gasteiger partial charge >= 0.3 is 0 Å². The van der Waals surface area contributed by atoms with Gasteiger partial charge in [0.25, 0.3) is 0 Å². The van der Waals surface area contributed by atoms with Gasteiger partial charge in [-0.1, -0.05) is 17.3 Å². The van der Waals surface area contributed by atoms with E-state index in [9.17, 15) is 13.2 Å². The van der Waals surface area contributed by atoms with Gasteiger partial charge in [0, 0.05) is 19.6 Å². The van der Waals surface area contributed by atoms with Crippen molar-refractivity contribution in [2.24, 2.45) is 0 Å². The highest BCUT2D eigenvalue weighted by Gasteiger charge is 2.36. The summed E-state index contributed by atoms with van der Waals surface area (Å²) in [6.07, 6.45) is 3.14. The highest BCUT2D eigenvalue weighted by atomic mass is 32.2. The lowest BCUT2D eigenvalue weighted by molar-refractivity contribution is -0.124. The van der Waals surface area contributed by atoms with Crippen molar-refractivity contribution in [1.82, 2.24) is 24.6 Å². The number of nitrogens with zero attached hydrogens (tertiary/aromatic N) is 4. The predicted octanol–water partition coefficient (Wildman–Crippen LogP) is 0.362. The predicted molar refractivity (Wildman–Crippen MR) is 89.7 cm³/mol. The van der Waals surface area contributed by atoms with Crippen molar-refractivity contribution in [3.8, 4) is 0 Å². The average Bonchev–Trinajstić information content (AvgIpc) is 3.18. The van der Waals surface area contributed by atoms with Crippen molar-refractivity contribution < 1.29 is 13.2 Å². The lowest BCUT2D eigenvalue weighted by Crippen LogP contribution is -2.45. The molecule has 1 aliphatic heterocycles. The maximum Gasteiger partial charge on any atom is 0.238 e. The van der Waals surface area contributed by atoms with Crippen molar-refractivity contribution in [2.45, 2.75) is 31.8 Å². The van der Waals surface area contributed by atoms with Crippen LogP contribution < -0.4 is 5.32 Å². The first-order valence-corrected chi connectivity index (χ1v) is 9.84. The molecule has 0 spiro atoms. The van der Waals surface area contributed by atoms with Gasteiger partial charge in [0.15, 0.2) is 0 Å². The minimum atomic E-state index is -3.34.